The van der Waals surface area contributed by atoms with Gasteiger partial charge in [0.05, 0.1) is 6.42 Å². The van der Waals surface area contributed by atoms with Crippen molar-refractivity contribution in [3.8, 4) is 0 Å². The van der Waals surface area contributed by atoms with E-state index in [4.69, 9.17) is 4.74 Å². The number of nitrogens with one attached hydrogen (secondary N) is 1. The van der Waals surface area contributed by atoms with Crippen LogP contribution in [0.5, 0.6) is 0 Å². The third kappa shape index (κ3) is 3.86. The molecule has 1 aromatic rings. The van der Waals surface area contributed by atoms with Crippen molar-refractivity contribution in [1.29, 1.82) is 0 Å². The molecule has 10 heteroatoms. The van der Waals surface area contributed by atoms with Crippen LogP contribution in [0, 0.1) is 0 Å². The predicted octanol–water partition coefficient (Wildman–Crippen LogP) is 0.981. The topological polar surface area (TPSA) is 113 Å². The van der Waals surface area contributed by atoms with Gasteiger partial charge in [0, 0.05) is 22.6 Å². The lowest BCUT2D eigenvalue weighted by atomic mass is 10.0. The first-order valence-corrected chi connectivity index (χ1v) is 10.0. The summed E-state index contributed by atoms with van der Waals surface area (Å²) >= 11 is 2.81. The molecule has 1 fully saturated rings. The van der Waals surface area contributed by atoms with Crippen molar-refractivity contribution in [1.82, 2.24) is 10.2 Å². The fourth-order valence-corrected chi connectivity index (χ4v) is 5.15. The number of amides is 2. The number of β-lactam (4-membered cyclic amide) rings is 1. The Balaban J connectivity index is 1.75. The molecule has 0 saturated carbocycles. The molecule has 2 amide bonds. The summed E-state index contributed by atoms with van der Waals surface area (Å²) in [6, 6.07) is 2.91. The molecule has 3 heterocycles. The van der Waals surface area contributed by atoms with Crippen molar-refractivity contribution in [2.45, 2.75) is 36.9 Å². The normalized spacial score (nSPS) is 24.1. The number of aliphatic carboxylic acids is 1. The van der Waals surface area contributed by atoms with Crippen LogP contribution in [-0.4, -0.2) is 57.0 Å². The molecule has 1 saturated heterocycles. The van der Waals surface area contributed by atoms with E-state index in [9.17, 15) is 24.3 Å². The van der Waals surface area contributed by atoms with Gasteiger partial charge >= 0.3 is 11.9 Å². The Hall–Kier alpha value is -2.33. The number of esters is 1. The van der Waals surface area contributed by atoms with Crippen LogP contribution in [0.15, 0.2) is 28.8 Å². The van der Waals surface area contributed by atoms with Gasteiger partial charge in [0.1, 0.15) is 23.7 Å². The number of ether oxygens (including phenoxy) is 1. The first-order chi connectivity index (χ1) is 12.8. The molecule has 2 N–H and O–H groups in total. The molecule has 1 unspecified atom stereocenters. The van der Waals surface area contributed by atoms with Gasteiger partial charge in [0.25, 0.3) is 5.91 Å². The number of thiophene rings is 1. The van der Waals surface area contributed by atoms with Crippen LogP contribution in [0.3, 0.4) is 0 Å². The molecule has 144 valence electrons. The summed E-state index contributed by atoms with van der Waals surface area (Å²) in [7, 11) is 0. The fraction of sp³-hybridized carbons (Fsp3) is 0.412. The van der Waals surface area contributed by atoms with E-state index in [1.165, 1.54) is 34.9 Å². The van der Waals surface area contributed by atoms with Gasteiger partial charge in [-0.15, -0.1) is 23.1 Å². The first-order valence-electron chi connectivity index (χ1n) is 8.19. The summed E-state index contributed by atoms with van der Waals surface area (Å²) in [4.78, 5) is 49.6. The molecule has 3 rings (SSSR count). The molecule has 2 aliphatic heterocycles. The molecule has 2 aliphatic rings. The summed E-state index contributed by atoms with van der Waals surface area (Å²) in [5, 5.41) is 13.4. The van der Waals surface area contributed by atoms with Crippen LogP contribution in [0.4, 0.5) is 0 Å². The largest absolute Gasteiger partial charge is 0.477 e. The van der Waals surface area contributed by atoms with Crippen LogP contribution in [-0.2, 0) is 30.3 Å². The molecule has 27 heavy (non-hydrogen) atoms. The minimum absolute atomic E-state index is 0.166. The Morgan fingerprint density at radius 2 is 2.11 bits per heavy atom. The first kappa shape index (κ1) is 19.4. The van der Waals surface area contributed by atoms with Gasteiger partial charge in [-0.3, -0.25) is 19.3 Å². The van der Waals surface area contributed by atoms with Crippen molar-refractivity contribution < 1.29 is 29.0 Å². The zero-order valence-corrected chi connectivity index (χ0v) is 16.3. The van der Waals surface area contributed by atoms with Crippen molar-refractivity contribution in [3.63, 3.8) is 0 Å². The highest BCUT2D eigenvalue weighted by molar-refractivity contribution is 8.00. The molecule has 0 aromatic carbocycles. The van der Waals surface area contributed by atoms with E-state index in [0.29, 0.717) is 5.57 Å². The smallest absolute Gasteiger partial charge is 0.352 e. The third-order valence-electron chi connectivity index (χ3n) is 4.29. The summed E-state index contributed by atoms with van der Waals surface area (Å²) in [6.45, 7) is 2.84. The van der Waals surface area contributed by atoms with Crippen LogP contribution in [0.2, 0.25) is 0 Å². The number of hydrogen-bond donors (Lipinski definition) is 2. The summed E-state index contributed by atoms with van der Waals surface area (Å²) in [6.07, 6.45) is 0.174. The predicted molar refractivity (Wildman–Crippen MR) is 98.9 cm³/mol. The molecular formula is C17H18N2O6S2. The number of nitrogens with zero attached hydrogens (tertiary/aromatic N) is 1. The summed E-state index contributed by atoms with van der Waals surface area (Å²) < 4.78 is 4.95. The third-order valence-corrected chi connectivity index (χ3v) is 6.62. The van der Waals surface area contributed by atoms with E-state index in [1.54, 1.807) is 6.92 Å². The lowest BCUT2D eigenvalue weighted by Crippen LogP contribution is -2.71. The SMILES string of the molecule is CC(=O)OCC1=C(C(=O)O)N2C(=O)C(NC(=O)Cc3cccs3)[C@H]2S[C@H]1C. The zero-order valence-electron chi connectivity index (χ0n) is 14.6. The highest BCUT2D eigenvalue weighted by Crippen LogP contribution is 2.44. The molecule has 0 spiro atoms. The fourth-order valence-electron chi connectivity index (χ4n) is 3.01. The van der Waals surface area contributed by atoms with E-state index in [0.717, 1.165) is 4.88 Å². The number of hydrogen-bond acceptors (Lipinski definition) is 7. The van der Waals surface area contributed by atoms with Gasteiger partial charge in [0.2, 0.25) is 5.91 Å². The summed E-state index contributed by atoms with van der Waals surface area (Å²) in [5.74, 6) is -2.54. The van der Waals surface area contributed by atoms with Gasteiger partial charge in [-0.1, -0.05) is 6.07 Å². The van der Waals surface area contributed by atoms with E-state index in [2.05, 4.69) is 5.32 Å². The van der Waals surface area contributed by atoms with Gasteiger partial charge in [-0.2, -0.15) is 0 Å². The average molecular weight is 410 g/mol. The lowest BCUT2D eigenvalue weighted by molar-refractivity contribution is -0.151. The molecule has 0 bridgehead atoms. The standard InChI is InChI=1S/C17H18N2O6S2/c1-8-11(7-25-9(2)20)14(17(23)24)19-15(22)13(16(19)27-8)18-12(21)6-10-4-3-5-26-10/h3-5,8,13,16H,6-7H2,1-2H3,(H,18,21)(H,23,24)/t8-,13?,16+/m0/s1. The average Bonchev–Trinajstić information content (AvgIpc) is 3.10. The second-order valence-electron chi connectivity index (χ2n) is 6.14. The molecule has 1 aromatic heterocycles. The maximum absolute atomic E-state index is 12.5. The number of rotatable bonds is 6. The van der Waals surface area contributed by atoms with Gasteiger partial charge in [-0.05, 0) is 18.4 Å². The number of fused-ring (bicyclic) bond motifs is 1. The Labute approximate surface area is 163 Å². The monoisotopic (exact) mass is 410 g/mol. The van der Waals surface area contributed by atoms with Gasteiger partial charge in [-0.25, -0.2) is 4.79 Å². The highest BCUT2D eigenvalue weighted by atomic mass is 32.2. The number of thioether (sulfide) groups is 1. The summed E-state index contributed by atoms with van der Waals surface area (Å²) in [5.41, 5.74) is 0.205. The maximum atomic E-state index is 12.5. The second kappa shape index (κ2) is 7.73. The Kier molecular flexibility index (Phi) is 5.56. The Bertz CT molecular complexity index is 819. The quantitative estimate of drug-likeness (QED) is 0.531. The molecule has 8 nitrogen and oxygen atoms in total. The van der Waals surface area contributed by atoms with Crippen LogP contribution in [0.25, 0.3) is 0 Å². The van der Waals surface area contributed by atoms with Crippen LogP contribution in [0.1, 0.15) is 18.7 Å². The van der Waals surface area contributed by atoms with Gasteiger partial charge in [0.15, 0.2) is 0 Å². The second-order valence-corrected chi connectivity index (χ2v) is 8.63. The minimum atomic E-state index is -1.26. The Morgan fingerprint density at radius 3 is 2.70 bits per heavy atom. The van der Waals surface area contributed by atoms with Crippen LogP contribution < -0.4 is 5.32 Å². The van der Waals surface area contributed by atoms with E-state index < -0.39 is 29.3 Å². The molecule has 3 atom stereocenters. The maximum Gasteiger partial charge on any atom is 0.352 e. The van der Waals surface area contributed by atoms with Crippen molar-refractivity contribution >= 4 is 46.9 Å². The van der Waals surface area contributed by atoms with E-state index in [-0.39, 0.29) is 29.9 Å². The highest BCUT2D eigenvalue weighted by Gasteiger charge is 2.55. The number of carboxylic acids is 1. The lowest BCUT2D eigenvalue weighted by Gasteiger charge is -2.51. The van der Waals surface area contributed by atoms with Crippen molar-refractivity contribution in [3.05, 3.63) is 33.7 Å². The molecule has 0 radical (unpaired) electrons. The molecule has 0 aliphatic carbocycles. The number of carbonyl (C=O) groups excluding carboxylic acids is 3. The van der Waals surface area contributed by atoms with Gasteiger partial charge < -0.3 is 15.2 Å². The minimum Gasteiger partial charge on any atom is -0.477 e. The van der Waals surface area contributed by atoms with Crippen molar-refractivity contribution in [2.75, 3.05) is 6.61 Å². The Morgan fingerprint density at radius 1 is 1.37 bits per heavy atom. The van der Waals surface area contributed by atoms with Crippen LogP contribution >= 0.6 is 23.1 Å². The zero-order chi connectivity index (χ0) is 19.7. The van der Waals surface area contributed by atoms with E-state index >= 15 is 0 Å². The number of carboxylic acid groups (broad SMARTS) is 1. The number of carbonyl (C=O) groups is 4. The van der Waals surface area contributed by atoms with E-state index in [1.807, 2.05) is 17.5 Å². The van der Waals surface area contributed by atoms with Crippen molar-refractivity contribution in [2.24, 2.45) is 0 Å². The molecular weight excluding hydrogens is 392 g/mol.